The summed E-state index contributed by atoms with van der Waals surface area (Å²) in [6.45, 7) is 1.20. The molecule has 150 valence electrons. The Morgan fingerprint density at radius 1 is 0.966 bits per heavy atom. The summed E-state index contributed by atoms with van der Waals surface area (Å²) < 4.78 is 32.4. The number of hydrogen-bond donors (Lipinski definition) is 0. The van der Waals surface area contributed by atoms with Crippen LogP contribution in [0.15, 0.2) is 57.9 Å². The summed E-state index contributed by atoms with van der Waals surface area (Å²) in [5, 5.41) is 4.21. The van der Waals surface area contributed by atoms with Gasteiger partial charge in [-0.25, -0.2) is 8.42 Å². The Morgan fingerprint density at radius 3 is 2.45 bits per heavy atom. The summed E-state index contributed by atoms with van der Waals surface area (Å²) in [5.74, 6) is 1.41. The molecule has 6 nitrogen and oxygen atoms in total. The molecule has 1 atom stereocenters. The maximum Gasteiger partial charge on any atom is 0.257 e. The van der Waals surface area contributed by atoms with E-state index in [0.717, 1.165) is 43.5 Å². The number of hydrogen-bond acceptors (Lipinski definition) is 5. The topological polar surface area (TPSA) is 76.3 Å². The van der Waals surface area contributed by atoms with E-state index in [2.05, 4.69) is 34.4 Å². The van der Waals surface area contributed by atoms with E-state index in [0.29, 0.717) is 23.9 Å². The van der Waals surface area contributed by atoms with Crippen LogP contribution in [0.3, 0.4) is 0 Å². The molecule has 2 aliphatic rings. The first-order valence-corrected chi connectivity index (χ1v) is 11.6. The third-order valence-corrected chi connectivity index (χ3v) is 7.87. The molecule has 1 aliphatic heterocycles. The van der Waals surface area contributed by atoms with E-state index in [1.807, 2.05) is 0 Å². The molecule has 1 aromatic heterocycles. The normalized spacial score (nSPS) is 19.9. The van der Waals surface area contributed by atoms with E-state index in [4.69, 9.17) is 4.52 Å². The molecular formula is C22H23N3O3S. The SMILES string of the molecule is O=S(=O)(c1ccc(-c2nc(C3CCc4ccccc4C3)no2)cc1)N1CCCC1. The van der Waals surface area contributed by atoms with Gasteiger partial charge >= 0.3 is 0 Å². The monoisotopic (exact) mass is 409 g/mol. The van der Waals surface area contributed by atoms with Gasteiger partial charge in [-0.3, -0.25) is 0 Å². The molecule has 1 saturated heterocycles. The molecule has 1 unspecified atom stereocenters. The van der Waals surface area contributed by atoms with Crippen molar-refractivity contribution in [3.63, 3.8) is 0 Å². The first-order valence-electron chi connectivity index (χ1n) is 10.1. The highest BCUT2D eigenvalue weighted by atomic mass is 32.2. The van der Waals surface area contributed by atoms with E-state index < -0.39 is 10.0 Å². The zero-order chi connectivity index (χ0) is 19.8. The van der Waals surface area contributed by atoms with Gasteiger partial charge in [0, 0.05) is 24.6 Å². The number of fused-ring (bicyclic) bond motifs is 1. The lowest BCUT2D eigenvalue weighted by Gasteiger charge is -2.21. The van der Waals surface area contributed by atoms with Crippen molar-refractivity contribution in [2.24, 2.45) is 0 Å². The maximum absolute atomic E-state index is 12.7. The number of rotatable bonds is 4. The Labute approximate surface area is 170 Å². The Kier molecular flexibility index (Phi) is 4.72. The number of benzene rings is 2. The minimum Gasteiger partial charge on any atom is -0.334 e. The third kappa shape index (κ3) is 3.49. The minimum atomic E-state index is -3.41. The van der Waals surface area contributed by atoms with Crippen LogP contribution in [0, 0.1) is 0 Å². The van der Waals surface area contributed by atoms with Gasteiger partial charge in [0.1, 0.15) is 0 Å². The van der Waals surface area contributed by atoms with Gasteiger partial charge in [-0.2, -0.15) is 9.29 Å². The van der Waals surface area contributed by atoms with Crippen molar-refractivity contribution in [2.75, 3.05) is 13.1 Å². The van der Waals surface area contributed by atoms with Gasteiger partial charge < -0.3 is 4.52 Å². The molecule has 2 heterocycles. The summed E-state index contributed by atoms with van der Waals surface area (Å²) in [6, 6.07) is 15.3. The van der Waals surface area contributed by atoms with Crippen LogP contribution in [-0.4, -0.2) is 36.0 Å². The van der Waals surface area contributed by atoms with Gasteiger partial charge in [0.05, 0.1) is 4.90 Å². The van der Waals surface area contributed by atoms with Gasteiger partial charge in [0.2, 0.25) is 10.0 Å². The highest BCUT2D eigenvalue weighted by Crippen LogP contribution is 2.32. The smallest absolute Gasteiger partial charge is 0.257 e. The van der Waals surface area contributed by atoms with Crippen molar-refractivity contribution in [3.05, 3.63) is 65.5 Å². The van der Waals surface area contributed by atoms with Gasteiger partial charge in [-0.05, 0) is 67.5 Å². The van der Waals surface area contributed by atoms with Gasteiger partial charge in [-0.15, -0.1) is 0 Å². The van der Waals surface area contributed by atoms with E-state index >= 15 is 0 Å². The zero-order valence-corrected chi connectivity index (χ0v) is 16.9. The minimum absolute atomic E-state index is 0.247. The molecule has 0 bridgehead atoms. The number of sulfonamides is 1. The molecule has 0 spiro atoms. The van der Waals surface area contributed by atoms with E-state index in [1.54, 1.807) is 28.6 Å². The second kappa shape index (κ2) is 7.39. The zero-order valence-electron chi connectivity index (χ0n) is 16.1. The summed E-state index contributed by atoms with van der Waals surface area (Å²) in [6.07, 6.45) is 4.79. The predicted molar refractivity (Wildman–Crippen MR) is 109 cm³/mol. The molecule has 29 heavy (non-hydrogen) atoms. The van der Waals surface area contributed by atoms with Crippen molar-refractivity contribution in [2.45, 2.75) is 42.9 Å². The summed E-state index contributed by atoms with van der Waals surface area (Å²) >= 11 is 0. The molecule has 2 aromatic carbocycles. The fraction of sp³-hybridized carbons (Fsp3) is 0.364. The summed E-state index contributed by atoms with van der Waals surface area (Å²) in [4.78, 5) is 4.92. The lowest BCUT2D eigenvalue weighted by molar-refractivity contribution is 0.410. The molecule has 1 aliphatic carbocycles. The molecule has 0 amide bonds. The van der Waals surface area contributed by atoms with Crippen LogP contribution in [0.5, 0.6) is 0 Å². The highest BCUT2D eigenvalue weighted by Gasteiger charge is 2.28. The molecule has 5 rings (SSSR count). The summed E-state index contributed by atoms with van der Waals surface area (Å²) in [5.41, 5.74) is 3.49. The highest BCUT2D eigenvalue weighted by molar-refractivity contribution is 7.89. The quantitative estimate of drug-likeness (QED) is 0.655. The maximum atomic E-state index is 12.7. The average molecular weight is 410 g/mol. The second-order valence-electron chi connectivity index (χ2n) is 7.80. The van der Waals surface area contributed by atoms with Gasteiger partial charge in [0.15, 0.2) is 5.82 Å². The largest absolute Gasteiger partial charge is 0.334 e. The molecule has 0 N–H and O–H groups in total. The predicted octanol–water partition coefficient (Wildman–Crippen LogP) is 3.79. The Balaban J connectivity index is 1.34. The number of aryl methyl sites for hydroxylation is 1. The first kappa shape index (κ1) is 18.5. The van der Waals surface area contributed by atoms with E-state index in [1.165, 1.54) is 11.1 Å². The molecule has 0 saturated carbocycles. The van der Waals surface area contributed by atoms with Crippen LogP contribution in [0.25, 0.3) is 11.5 Å². The van der Waals surface area contributed by atoms with Crippen LogP contribution in [-0.2, 0) is 22.9 Å². The number of nitrogens with zero attached hydrogens (tertiary/aromatic N) is 3. The first-order chi connectivity index (χ1) is 14.1. The molecule has 3 aromatic rings. The fourth-order valence-corrected chi connectivity index (χ4v) is 5.80. The van der Waals surface area contributed by atoms with Crippen LogP contribution in [0.1, 0.15) is 42.1 Å². The second-order valence-corrected chi connectivity index (χ2v) is 9.74. The van der Waals surface area contributed by atoms with E-state index in [-0.39, 0.29) is 5.92 Å². The Bertz CT molecular complexity index is 1120. The lowest BCUT2D eigenvalue weighted by Crippen LogP contribution is -2.27. The van der Waals surface area contributed by atoms with Crippen molar-refractivity contribution < 1.29 is 12.9 Å². The van der Waals surface area contributed by atoms with Crippen LogP contribution < -0.4 is 0 Å². The third-order valence-electron chi connectivity index (χ3n) is 5.96. The number of aromatic nitrogens is 2. The van der Waals surface area contributed by atoms with Crippen molar-refractivity contribution >= 4 is 10.0 Å². The molecule has 0 radical (unpaired) electrons. The van der Waals surface area contributed by atoms with Crippen LogP contribution >= 0.6 is 0 Å². The van der Waals surface area contributed by atoms with E-state index in [9.17, 15) is 8.42 Å². The lowest BCUT2D eigenvalue weighted by atomic mass is 9.83. The van der Waals surface area contributed by atoms with Gasteiger partial charge in [-0.1, -0.05) is 29.4 Å². The molecule has 7 heteroatoms. The van der Waals surface area contributed by atoms with Crippen LogP contribution in [0.2, 0.25) is 0 Å². The standard InChI is InChI=1S/C22H23N3O3S/c26-29(27,25-13-3-4-14-25)20-11-9-17(10-12-20)22-23-21(24-28-22)19-8-7-16-5-1-2-6-18(16)15-19/h1-2,5-6,9-12,19H,3-4,7-8,13-15H2. The summed E-state index contributed by atoms with van der Waals surface area (Å²) in [7, 11) is -3.41. The Morgan fingerprint density at radius 2 is 1.69 bits per heavy atom. The van der Waals surface area contributed by atoms with Crippen LogP contribution in [0.4, 0.5) is 0 Å². The molecular weight excluding hydrogens is 386 g/mol. The van der Waals surface area contributed by atoms with Crippen molar-refractivity contribution in [1.82, 2.24) is 14.4 Å². The average Bonchev–Trinajstić information content (AvgIpc) is 3.46. The molecule has 1 fully saturated rings. The van der Waals surface area contributed by atoms with Gasteiger partial charge in [0.25, 0.3) is 5.89 Å². The van der Waals surface area contributed by atoms with Crippen molar-refractivity contribution in [1.29, 1.82) is 0 Å². The van der Waals surface area contributed by atoms with Crippen molar-refractivity contribution in [3.8, 4) is 11.5 Å². The fourth-order valence-electron chi connectivity index (χ4n) is 4.28. The Hall–Kier alpha value is -2.51.